The molecule has 0 saturated heterocycles. The van der Waals surface area contributed by atoms with Gasteiger partial charge in [0.05, 0.1) is 0 Å². The second kappa shape index (κ2) is 6.19. The van der Waals surface area contributed by atoms with E-state index in [4.69, 9.17) is 5.73 Å². The van der Waals surface area contributed by atoms with Gasteiger partial charge in [0.15, 0.2) is 0 Å². The Balaban J connectivity index is 2.92. The van der Waals surface area contributed by atoms with E-state index in [-0.39, 0.29) is 6.04 Å². The molecule has 0 bridgehead atoms. The second-order valence-electron chi connectivity index (χ2n) is 3.90. The van der Waals surface area contributed by atoms with Crippen LogP contribution in [0.2, 0.25) is 0 Å². The molecule has 15 heavy (non-hydrogen) atoms. The molecule has 1 unspecified atom stereocenters. The number of nitrogens with two attached hydrogens (primary N) is 1. The van der Waals surface area contributed by atoms with Crippen molar-refractivity contribution < 1.29 is 0 Å². The van der Waals surface area contributed by atoms with Gasteiger partial charge in [-0.2, -0.15) is 0 Å². The van der Waals surface area contributed by atoms with E-state index >= 15 is 0 Å². The molecule has 1 rings (SSSR count). The van der Waals surface area contributed by atoms with Gasteiger partial charge in [-0.3, -0.25) is 0 Å². The number of benzene rings is 1. The highest BCUT2D eigenvalue weighted by molar-refractivity contribution is 7.99. The summed E-state index contributed by atoms with van der Waals surface area (Å²) in [6.45, 7) is 6.47. The average Bonchev–Trinajstić information content (AvgIpc) is 2.26. The zero-order valence-corrected chi connectivity index (χ0v) is 10.7. The highest BCUT2D eigenvalue weighted by Crippen LogP contribution is 2.29. The molecule has 0 fully saturated rings. The van der Waals surface area contributed by atoms with E-state index < -0.39 is 0 Å². The molecule has 0 aromatic heterocycles. The summed E-state index contributed by atoms with van der Waals surface area (Å²) in [6.07, 6.45) is 2.21. The van der Waals surface area contributed by atoms with Crippen LogP contribution in [-0.2, 0) is 0 Å². The molecule has 0 aliphatic heterocycles. The van der Waals surface area contributed by atoms with Gasteiger partial charge in [0.25, 0.3) is 0 Å². The van der Waals surface area contributed by atoms with Gasteiger partial charge >= 0.3 is 0 Å². The molecule has 0 radical (unpaired) electrons. The molecule has 0 aliphatic carbocycles. The monoisotopic (exact) mass is 223 g/mol. The van der Waals surface area contributed by atoms with Crippen LogP contribution >= 0.6 is 11.8 Å². The lowest BCUT2D eigenvalue weighted by atomic mass is 10.0. The van der Waals surface area contributed by atoms with Crippen LogP contribution in [0.4, 0.5) is 0 Å². The van der Waals surface area contributed by atoms with Crippen LogP contribution in [0.15, 0.2) is 23.1 Å². The molecule has 0 saturated carbocycles. The number of hydrogen-bond acceptors (Lipinski definition) is 2. The molecular formula is C13H21NS. The predicted molar refractivity (Wildman–Crippen MR) is 69.4 cm³/mol. The fourth-order valence-electron chi connectivity index (χ4n) is 1.52. The molecule has 1 aromatic rings. The normalized spacial score (nSPS) is 12.8. The topological polar surface area (TPSA) is 26.0 Å². The third-order valence-corrected chi connectivity index (χ3v) is 3.76. The van der Waals surface area contributed by atoms with Gasteiger partial charge in [-0.05, 0) is 37.1 Å². The maximum absolute atomic E-state index is 6.12. The molecule has 1 aromatic carbocycles. The molecule has 2 N–H and O–H groups in total. The maximum atomic E-state index is 6.12. The van der Waals surface area contributed by atoms with Crippen molar-refractivity contribution in [3.63, 3.8) is 0 Å². The average molecular weight is 223 g/mol. The van der Waals surface area contributed by atoms with Crippen molar-refractivity contribution in [2.75, 3.05) is 5.75 Å². The van der Waals surface area contributed by atoms with Gasteiger partial charge < -0.3 is 5.73 Å². The molecule has 1 nitrogen and oxygen atoms in total. The van der Waals surface area contributed by atoms with Gasteiger partial charge in [-0.1, -0.05) is 31.5 Å². The van der Waals surface area contributed by atoms with E-state index in [0.29, 0.717) is 0 Å². The molecular weight excluding hydrogens is 202 g/mol. The van der Waals surface area contributed by atoms with Crippen LogP contribution in [0.1, 0.15) is 43.9 Å². The first-order valence-corrected chi connectivity index (χ1v) is 6.66. The summed E-state index contributed by atoms with van der Waals surface area (Å²) in [7, 11) is 0. The highest BCUT2D eigenvalue weighted by atomic mass is 32.2. The highest BCUT2D eigenvalue weighted by Gasteiger charge is 2.09. The van der Waals surface area contributed by atoms with Crippen LogP contribution in [0.3, 0.4) is 0 Å². The quantitative estimate of drug-likeness (QED) is 0.766. The second-order valence-corrected chi connectivity index (χ2v) is 5.04. The van der Waals surface area contributed by atoms with E-state index in [1.54, 1.807) is 0 Å². The third-order valence-electron chi connectivity index (χ3n) is 2.47. The van der Waals surface area contributed by atoms with Gasteiger partial charge in [0.2, 0.25) is 0 Å². The van der Waals surface area contributed by atoms with Gasteiger partial charge in [-0.15, -0.1) is 11.8 Å². The lowest BCUT2D eigenvalue weighted by Crippen LogP contribution is -2.10. The third kappa shape index (κ3) is 3.54. The van der Waals surface area contributed by atoms with Crippen molar-refractivity contribution in [1.82, 2.24) is 0 Å². The van der Waals surface area contributed by atoms with E-state index in [9.17, 15) is 0 Å². The van der Waals surface area contributed by atoms with Crippen molar-refractivity contribution in [3.05, 3.63) is 29.3 Å². The number of aryl methyl sites for hydroxylation is 1. The maximum Gasteiger partial charge on any atom is 0.0303 e. The zero-order valence-electron chi connectivity index (χ0n) is 9.92. The summed E-state index contributed by atoms with van der Waals surface area (Å²) in [5.74, 6) is 1.17. The lowest BCUT2D eigenvalue weighted by Gasteiger charge is -2.15. The van der Waals surface area contributed by atoms with Crippen molar-refractivity contribution in [2.45, 2.75) is 44.6 Å². The van der Waals surface area contributed by atoms with Crippen LogP contribution in [-0.4, -0.2) is 5.75 Å². The van der Waals surface area contributed by atoms with Crippen molar-refractivity contribution in [1.29, 1.82) is 0 Å². The Kier molecular flexibility index (Phi) is 5.20. The Hall–Kier alpha value is -0.470. The fourth-order valence-corrected chi connectivity index (χ4v) is 2.49. The Morgan fingerprint density at radius 3 is 2.67 bits per heavy atom. The van der Waals surface area contributed by atoms with Crippen molar-refractivity contribution >= 4 is 11.8 Å². The summed E-state index contributed by atoms with van der Waals surface area (Å²) in [6, 6.07) is 6.79. The number of thioether (sulfide) groups is 1. The summed E-state index contributed by atoms with van der Waals surface area (Å²) < 4.78 is 0. The SMILES string of the molecule is CCCSc1ccc(C)cc1C(N)CC. The lowest BCUT2D eigenvalue weighted by molar-refractivity contribution is 0.685. The summed E-state index contributed by atoms with van der Waals surface area (Å²) in [5, 5.41) is 0. The van der Waals surface area contributed by atoms with Gasteiger partial charge in [0, 0.05) is 10.9 Å². The summed E-state index contributed by atoms with van der Waals surface area (Å²) in [5.41, 5.74) is 8.74. The predicted octanol–water partition coefficient (Wildman–Crippen LogP) is 3.91. The first kappa shape index (κ1) is 12.6. The smallest absolute Gasteiger partial charge is 0.0303 e. The van der Waals surface area contributed by atoms with E-state index in [1.807, 2.05) is 11.8 Å². The summed E-state index contributed by atoms with van der Waals surface area (Å²) >= 11 is 1.92. The largest absolute Gasteiger partial charge is 0.324 e. The molecule has 2 heteroatoms. The van der Waals surface area contributed by atoms with E-state index in [1.165, 1.54) is 28.2 Å². The van der Waals surface area contributed by atoms with Crippen LogP contribution in [0.25, 0.3) is 0 Å². The Morgan fingerprint density at radius 1 is 1.33 bits per heavy atom. The van der Waals surface area contributed by atoms with Crippen LogP contribution in [0.5, 0.6) is 0 Å². The molecule has 1 atom stereocenters. The Morgan fingerprint density at radius 2 is 2.07 bits per heavy atom. The van der Waals surface area contributed by atoms with Crippen molar-refractivity contribution in [3.8, 4) is 0 Å². The molecule has 0 heterocycles. The zero-order chi connectivity index (χ0) is 11.3. The Bertz CT molecular complexity index is 309. The molecule has 84 valence electrons. The summed E-state index contributed by atoms with van der Waals surface area (Å²) in [4.78, 5) is 1.36. The Labute approximate surface area is 97.4 Å². The van der Waals surface area contributed by atoms with E-state index in [2.05, 4.69) is 39.0 Å². The first-order valence-electron chi connectivity index (χ1n) is 5.68. The standard InChI is InChI=1S/C13H21NS/c1-4-8-15-13-7-6-10(3)9-11(13)12(14)5-2/h6-7,9,12H,4-5,8,14H2,1-3H3. The minimum Gasteiger partial charge on any atom is -0.324 e. The van der Waals surface area contributed by atoms with Crippen molar-refractivity contribution in [2.24, 2.45) is 5.73 Å². The molecule has 0 amide bonds. The molecule has 0 spiro atoms. The van der Waals surface area contributed by atoms with Gasteiger partial charge in [-0.25, -0.2) is 0 Å². The molecule has 0 aliphatic rings. The minimum absolute atomic E-state index is 0.184. The van der Waals surface area contributed by atoms with Gasteiger partial charge in [0.1, 0.15) is 0 Å². The number of rotatable bonds is 5. The minimum atomic E-state index is 0.184. The van der Waals surface area contributed by atoms with Crippen LogP contribution < -0.4 is 5.73 Å². The fraction of sp³-hybridized carbons (Fsp3) is 0.538. The van der Waals surface area contributed by atoms with Crippen LogP contribution in [0, 0.1) is 6.92 Å². The van der Waals surface area contributed by atoms with E-state index in [0.717, 1.165) is 6.42 Å². The number of hydrogen-bond donors (Lipinski definition) is 1. The first-order chi connectivity index (χ1) is 7.19.